The number of hydrogen-bond donors (Lipinski definition) is 0. The minimum absolute atomic E-state index is 1.15. The highest BCUT2D eigenvalue weighted by Crippen LogP contribution is 2.53. The molecular weight excluding hydrogens is 518 g/mol. The van der Waals surface area contributed by atoms with Gasteiger partial charge in [-0.05, 0) is 73.3 Å². The number of nitrogens with zero attached hydrogens (tertiary/aromatic N) is 1. The Bertz CT molecular complexity index is 2310. The van der Waals surface area contributed by atoms with Gasteiger partial charge in [-0.25, -0.2) is 0 Å². The van der Waals surface area contributed by atoms with E-state index in [1.807, 2.05) is 0 Å². The Morgan fingerprint density at radius 3 is 1.49 bits per heavy atom. The highest BCUT2D eigenvalue weighted by molar-refractivity contribution is 6.26. The Balaban J connectivity index is 1.40. The molecule has 0 atom stereocenters. The van der Waals surface area contributed by atoms with Crippen LogP contribution in [0.5, 0.6) is 0 Å². The standard InChI is InChI=1S/C42H27N/c1-2-13-29(14-3-1)43-41-24-11-10-21-38(41)34-18-7-8-19-35(34)39-23-12-22-30(42(39)43)28-25-26-37-33-17-5-4-15-31(33)32-16-6-9-20-36(32)40(37)27-28/h1-27H. The molecule has 200 valence electrons. The number of anilines is 3. The summed E-state index contributed by atoms with van der Waals surface area (Å²) >= 11 is 0. The van der Waals surface area contributed by atoms with Gasteiger partial charge in [-0.15, -0.1) is 0 Å². The summed E-state index contributed by atoms with van der Waals surface area (Å²) < 4.78 is 0. The quantitative estimate of drug-likeness (QED) is 0.195. The van der Waals surface area contributed by atoms with Gasteiger partial charge in [0, 0.05) is 22.4 Å². The minimum Gasteiger partial charge on any atom is -0.309 e. The van der Waals surface area contributed by atoms with Gasteiger partial charge in [0.15, 0.2) is 0 Å². The fraction of sp³-hybridized carbons (Fsp3) is 0. The molecule has 0 unspecified atom stereocenters. The maximum atomic E-state index is 2.46. The first-order valence-electron chi connectivity index (χ1n) is 14.9. The van der Waals surface area contributed by atoms with Crippen molar-refractivity contribution in [2.24, 2.45) is 0 Å². The van der Waals surface area contributed by atoms with Crippen molar-refractivity contribution in [1.82, 2.24) is 0 Å². The second-order valence-electron chi connectivity index (χ2n) is 11.3. The van der Waals surface area contributed by atoms with Gasteiger partial charge in [0.1, 0.15) is 0 Å². The zero-order valence-corrected chi connectivity index (χ0v) is 23.5. The van der Waals surface area contributed by atoms with Crippen molar-refractivity contribution in [3.63, 3.8) is 0 Å². The number of benzene rings is 8. The molecule has 1 aliphatic heterocycles. The van der Waals surface area contributed by atoms with Gasteiger partial charge >= 0.3 is 0 Å². The first-order valence-corrected chi connectivity index (χ1v) is 14.9. The largest absolute Gasteiger partial charge is 0.309 e. The van der Waals surface area contributed by atoms with Crippen LogP contribution in [0.3, 0.4) is 0 Å². The zero-order chi connectivity index (χ0) is 28.3. The van der Waals surface area contributed by atoms with Gasteiger partial charge in [-0.1, -0.05) is 140 Å². The predicted octanol–water partition coefficient (Wildman–Crippen LogP) is 11.9. The van der Waals surface area contributed by atoms with E-state index in [9.17, 15) is 0 Å². The molecule has 0 aromatic heterocycles. The molecule has 8 aromatic carbocycles. The molecule has 0 aliphatic carbocycles. The van der Waals surface area contributed by atoms with Crippen LogP contribution in [0.1, 0.15) is 0 Å². The summed E-state index contributed by atoms with van der Waals surface area (Å²) in [5, 5.41) is 7.75. The fourth-order valence-corrected chi connectivity index (χ4v) is 7.12. The summed E-state index contributed by atoms with van der Waals surface area (Å²) in [4.78, 5) is 2.46. The van der Waals surface area contributed by atoms with E-state index in [2.05, 4.69) is 169 Å². The molecule has 0 bridgehead atoms. The highest BCUT2D eigenvalue weighted by Gasteiger charge is 2.28. The van der Waals surface area contributed by atoms with E-state index in [1.165, 1.54) is 77.1 Å². The number of hydrogen-bond acceptors (Lipinski definition) is 1. The molecular formula is C42H27N. The normalized spacial score (nSPS) is 12.1. The van der Waals surface area contributed by atoms with Crippen LogP contribution in [0, 0.1) is 0 Å². The Kier molecular flexibility index (Phi) is 5.27. The van der Waals surface area contributed by atoms with Crippen molar-refractivity contribution in [2.45, 2.75) is 0 Å². The maximum absolute atomic E-state index is 2.46. The molecule has 8 aromatic rings. The number of rotatable bonds is 2. The predicted molar refractivity (Wildman–Crippen MR) is 184 cm³/mol. The van der Waals surface area contributed by atoms with Crippen LogP contribution in [-0.2, 0) is 0 Å². The highest BCUT2D eigenvalue weighted by atomic mass is 15.2. The average molecular weight is 546 g/mol. The summed E-state index contributed by atoms with van der Waals surface area (Å²) in [6, 6.07) is 59.9. The smallest absolute Gasteiger partial charge is 0.0618 e. The molecule has 0 amide bonds. The van der Waals surface area contributed by atoms with Crippen LogP contribution < -0.4 is 4.90 Å². The molecule has 0 saturated carbocycles. The molecule has 0 N–H and O–H groups in total. The second kappa shape index (κ2) is 9.44. The Morgan fingerprint density at radius 2 is 0.791 bits per heavy atom. The third-order valence-corrected chi connectivity index (χ3v) is 8.98. The van der Waals surface area contributed by atoms with Crippen molar-refractivity contribution in [3.05, 3.63) is 164 Å². The third kappa shape index (κ3) is 3.58. The van der Waals surface area contributed by atoms with Crippen LogP contribution >= 0.6 is 0 Å². The van der Waals surface area contributed by atoms with Crippen molar-refractivity contribution in [1.29, 1.82) is 0 Å². The molecule has 1 heterocycles. The third-order valence-electron chi connectivity index (χ3n) is 8.98. The van der Waals surface area contributed by atoms with Gasteiger partial charge in [0.05, 0.1) is 11.4 Å². The molecule has 0 saturated heterocycles. The molecule has 0 spiro atoms. The fourth-order valence-electron chi connectivity index (χ4n) is 7.12. The van der Waals surface area contributed by atoms with Crippen molar-refractivity contribution < 1.29 is 0 Å². The molecule has 9 rings (SSSR count). The minimum atomic E-state index is 1.15. The maximum Gasteiger partial charge on any atom is 0.0618 e. The Morgan fingerprint density at radius 1 is 0.302 bits per heavy atom. The van der Waals surface area contributed by atoms with E-state index >= 15 is 0 Å². The SMILES string of the molecule is c1ccc(N2c3ccccc3-c3ccccc3-c3cccc(-c4ccc5c6ccccc6c6ccccc6c5c4)c32)cc1. The van der Waals surface area contributed by atoms with E-state index in [-0.39, 0.29) is 0 Å². The van der Waals surface area contributed by atoms with Crippen molar-refractivity contribution >= 4 is 49.4 Å². The van der Waals surface area contributed by atoms with Crippen LogP contribution in [-0.4, -0.2) is 0 Å². The summed E-state index contributed by atoms with van der Waals surface area (Å²) in [7, 11) is 0. The summed E-state index contributed by atoms with van der Waals surface area (Å²) in [5.41, 5.74) is 10.9. The monoisotopic (exact) mass is 545 g/mol. The van der Waals surface area contributed by atoms with Crippen LogP contribution in [0.2, 0.25) is 0 Å². The molecule has 0 radical (unpaired) electrons. The van der Waals surface area contributed by atoms with Crippen LogP contribution in [0.15, 0.2) is 164 Å². The van der Waals surface area contributed by atoms with Crippen molar-refractivity contribution in [3.8, 4) is 33.4 Å². The van der Waals surface area contributed by atoms with E-state index in [0.29, 0.717) is 0 Å². The van der Waals surface area contributed by atoms with Gasteiger partial charge in [0.2, 0.25) is 0 Å². The lowest BCUT2D eigenvalue weighted by atomic mass is 9.89. The second-order valence-corrected chi connectivity index (χ2v) is 11.3. The lowest BCUT2D eigenvalue weighted by molar-refractivity contribution is 1.29. The lowest BCUT2D eigenvalue weighted by Crippen LogP contribution is -2.12. The van der Waals surface area contributed by atoms with Crippen LogP contribution in [0.25, 0.3) is 65.7 Å². The summed E-state index contributed by atoms with van der Waals surface area (Å²) in [6.45, 7) is 0. The van der Waals surface area contributed by atoms with Crippen molar-refractivity contribution in [2.75, 3.05) is 4.90 Å². The van der Waals surface area contributed by atoms with E-state index in [0.717, 1.165) is 5.69 Å². The zero-order valence-electron chi connectivity index (χ0n) is 23.5. The Hall–Kier alpha value is -5.66. The Labute approximate surface area is 250 Å². The topological polar surface area (TPSA) is 3.24 Å². The van der Waals surface area contributed by atoms with Gasteiger partial charge < -0.3 is 4.90 Å². The molecule has 0 fully saturated rings. The molecule has 1 nitrogen and oxygen atoms in total. The molecule has 1 aliphatic rings. The van der Waals surface area contributed by atoms with E-state index in [1.54, 1.807) is 0 Å². The number of para-hydroxylation sites is 3. The first-order chi connectivity index (χ1) is 21.4. The lowest BCUT2D eigenvalue weighted by Gasteiger charge is -2.29. The number of fused-ring (bicyclic) bond motifs is 11. The van der Waals surface area contributed by atoms with E-state index < -0.39 is 0 Å². The molecule has 1 heteroatoms. The van der Waals surface area contributed by atoms with Gasteiger partial charge in [-0.2, -0.15) is 0 Å². The van der Waals surface area contributed by atoms with E-state index in [4.69, 9.17) is 0 Å². The first kappa shape index (κ1) is 24.0. The van der Waals surface area contributed by atoms with Crippen LogP contribution in [0.4, 0.5) is 17.1 Å². The summed E-state index contributed by atoms with van der Waals surface area (Å²) in [6.07, 6.45) is 0. The molecule has 43 heavy (non-hydrogen) atoms. The van der Waals surface area contributed by atoms with Gasteiger partial charge in [0.25, 0.3) is 0 Å². The summed E-state index contributed by atoms with van der Waals surface area (Å²) in [5.74, 6) is 0. The van der Waals surface area contributed by atoms with Gasteiger partial charge in [-0.3, -0.25) is 0 Å². The average Bonchev–Trinajstić information content (AvgIpc) is 3.21.